The number of rotatable bonds is 5. The predicted molar refractivity (Wildman–Crippen MR) is 78.8 cm³/mol. The second-order valence-electron chi connectivity index (χ2n) is 4.92. The van der Waals surface area contributed by atoms with Crippen molar-refractivity contribution in [1.29, 1.82) is 0 Å². The van der Waals surface area contributed by atoms with Crippen LogP contribution in [0.15, 0.2) is 4.90 Å². The van der Waals surface area contributed by atoms with Crippen LogP contribution < -0.4 is 57.1 Å². The molecule has 0 saturated heterocycles. The molecule has 1 aromatic carbocycles. The van der Waals surface area contributed by atoms with Gasteiger partial charge in [-0.3, -0.25) is 19.2 Å². The van der Waals surface area contributed by atoms with Gasteiger partial charge in [-0.25, -0.2) is 8.42 Å². The molecule has 1 rings (SSSR count). The van der Waals surface area contributed by atoms with E-state index in [0.29, 0.717) is 0 Å². The molecule has 0 aliphatic heterocycles. The standard InChI is InChI=1S/C14H15NO7S.K/c1-5(16)9-11(7(3)18)14(23(20,21)22)12(8(4)19)10(6(2)17)13(9)15;/h15H2,1-4H3,(H,20,21,22);/q;+1/p-1. The first-order valence-corrected chi connectivity index (χ1v) is 7.72. The Morgan fingerprint density at radius 3 is 1.17 bits per heavy atom. The summed E-state index contributed by atoms with van der Waals surface area (Å²) in [6, 6.07) is 0. The van der Waals surface area contributed by atoms with E-state index in [4.69, 9.17) is 5.73 Å². The molecule has 0 atom stereocenters. The van der Waals surface area contributed by atoms with Crippen LogP contribution in [0, 0.1) is 0 Å². The number of carbonyl (C=O) groups is 4. The van der Waals surface area contributed by atoms with Crippen molar-refractivity contribution < 1.29 is 83.5 Å². The summed E-state index contributed by atoms with van der Waals surface area (Å²) in [7, 11) is -5.33. The molecule has 0 bridgehead atoms. The van der Waals surface area contributed by atoms with Crippen LogP contribution in [0.2, 0.25) is 0 Å². The second-order valence-corrected chi connectivity index (χ2v) is 6.24. The third-order valence-corrected chi connectivity index (χ3v) is 4.06. The average molecular weight is 379 g/mol. The number of nitrogen functional groups attached to an aromatic ring is 1. The van der Waals surface area contributed by atoms with Gasteiger partial charge in [-0.15, -0.1) is 0 Å². The van der Waals surface area contributed by atoms with E-state index in [1.807, 2.05) is 0 Å². The van der Waals surface area contributed by atoms with Gasteiger partial charge in [0.2, 0.25) is 0 Å². The number of hydrogen-bond acceptors (Lipinski definition) is 8. The van der Waals surface area contributed by atoms with Crippen LogP contribution in [-0.4, -0.2) is 36.1 Å². The minimum Gasteiger partial charge on any atom is -0.744 e. The van der Waals surface area contributed by atoms with Crippen molar-refractivity contribution in [2.45, 2.75) is 32.6 Å². The molecule has 0 amide bonds. The molecule has 8 nitrogen and oxygen atoms in total. The summed E-state index contributed by atoms with van der Waals surface area (Å²) in [5.41, 5.74) is 2.60. The van der Waals surface area contributed by atoms with Gasteiger partial charge in [0.1, 0.15) is 10.1 Å². The zero-order valence-corrected chi connectivity index (χ0v) is 17.8. The molecule has 0 saturated carbocycles. The molecule has 0 spiro atoms. The van der Waals surface area contributed by atoms with Crippen LogP contribution in [-0.2, 0) is 10.1 Å². The number of Topliss-reactive ketones (excluding diaryl/α,β-unsaturated/α-hetero) is 4. The van der Waals surface area contributed by atoms with Crippen molar-refractivity contribution in [3.05, 3.63) is 22.3 Å². The normalized spacial score (nSPS) is 10.7. The minimum absolute atomic E-state index is 0. The van der Waals surface area contributed by atoms with Gasteiger partial charge in [0.15, 0.2) is 23.1 Å². The summed E-state index contributed by atoms with van der Waals surface area (Å²) in [5.74, 6) is -3.49. The zero-order chi connectivity index (χ0) is 18.3. The smallest absolute Gasteiger partial charge is 0.744 e. The van der Waals surface area contributed by atoms with Gasteiger partial charge in [-0.1, -0.05) is 0 Å². The molecule has 0 aromatic heterocycles. The van der Waals surface area contributed by atoms with Crippen molar-refractivity contribution in [3.8, 4) is 0 Å². The van der Waals surface area contributed by atoms with Crippen molar-refractivity contribution in [3.63, 3.8) is 0 Å². The van der Waals surface area contributed by atoms with Gasteiger partial charge in [0.25, 0.3) is 0 Å². The fraction of sp³-hybridized carbons (Fsp3) is 0.286. The molecular formula is C14H14KNO7S. The Morgan fingerprint density at radius 2 is 1.00 bits per heavy atom. The van der Waals surface area contributed by atoms with Crippen LogP contribution in [0.4, 0.5) is 5.69 Å². The van der Waals surface area contributed by atoms with Crippen LogP contribution in [0.1, 0.15) is 69.1 Å². The number of carbonyl (C=O) groups excluding carboxylic acids is 4. The summed E-state index contributed by atoms with van der Waals surface area (Å²) < 4.78 is 34.9. The largest absolute Gasteiger partial charge is 1.00 e. The minimum atomic E-state index is -5.33. The molecule has 24 heavy (non-hydrogen) atoms. The molecule has 0 heterocycles. The number of nitrogens with two attached hydrogens (primary N) is 1. The SMILES string of the molecule is CC(=O)c1c(N)c(C(C)=O)c(C(C)=O)c(S(=O)(=O)[O-])c1C(C)=O.[K+]. The first kappa shape index (κ1) is 23.2. The summed E-state index contributed by atoms with van der Waals surface area (Å²) >= 11 is 0. The average Bonchev–Trinajstić information content (AvgIpc) is 2.33. The maximum Gasteiger partial charge on any atom is 1.00 e. The fourth-order valence-corrected chi connectivity index (χ4v) is 3.39. The zero-order valence-electron chi connectivity index (χ0n) is 13.8. The van der Waals surface area contributed by atoms with E-state index in [1.54, 1.807) is 0 Å². The number of ketones is 4. The molecule has 0 fully saturated rings. The van der Waals surface area contributed by atoms with Crippen molar-refractivity contribution in [2.24, 2.45) is 0 Å². The Hall–Kier alpha value is -0.754. The molecule has 2 N–H and O–H groups in total. The number of hydrogen-bond donors (Lipinski definition) is 1. The summed E-state index contributed by atoms with van der Waals surface area (Å²) in [6.45, 7) is 3.84. The monoisotopic (exact) mass is 379 g/mol. The van der Waals surface area contributed by atoms with Crippen molar-refractivity contribution in [2.75, 3.05) is 5.73 Å². The maximum atomic E-state index is 11.8. The Labute approximate surface area is 181 Å². The quantitative estimate of drug-likeness (QED) is 0.267. The molecule has 0 aliphatic carbocycles. The van der Waals surface area contributed by atoms with E-state index in [2.05, 4.69) is 0 Å². The van der Waals surface area contributed by atoms with Gasteiger partial charge in [-0.05, 0) is 27.7 Å². The molecule has 0 aliphatic rings. The summed E-state index contributed by atoms with van der Waals surface area (Å²) in [6.07, 6.45) is 0. The van der Waals surface area contributed by atoms with Gasteiger partial charge in [0.05, 0.1) is 21.7 Å². The Bertz CT molecular complexity index is 819. The molecule has 124 valence electrons. The summed E-state index contributed by atoms with van der Waals surface area (Å²) in [4.78, 5) is 46.1. The fourth-order valence-electron chi connectivity index (χ4n) is 2.40. The van der Waals surface area contributed by atoms with Gasteiger partial charge in [-0.2, -0.15) is 0 Å². The predicted octanol–water partition coefficient (Wildman–Crippen LogP) is -2.01. The third-order valence-electron chi connectivity index (χ3n) is 3.15. The number of benzene rings is 1. The van der Waals surface area contributed by atoms with E-state index < -0.39 is 66.1 Å². The molecule has 10 heteroatoms. The first-order valence-electron chi connectivity index (χ1n) is 6.31. The van der Waals surface area contributed by atoms with Crippen LogP contribution in [0.5, 0.6) is 0 Å². The van der Waals surface area contributed by atoms with E-state index >= 15 is 0 Å². The van der Waals surface area contributed by atoms with Crippen LogP contribution in [0.3, 0.4) is 0 Å². The van der Waals surface area contributed by atoms with Gasteiger partial charge in [0, 0.05) is 11.1 Å². The van der Waals surface area contributed by atoms with E-state index in [1.165, 1.54) is 0 Å². The van der Waals surface area contributed by atoms with Crippen LogP contribution >= 0.6 is 0 Å². The van der Waals surface area contributed by atoms with E-state index in [-0.39, 0.29) is 51.4 Å². The molecule has 0 radical (unpaired) electrons. The summed E-state index contributed by atoms with van der Waals surface area (Å²) in [5, 5.41) is 0. The third kappa shape index (κ3) is 4.25. The molecule has 1 aromatic rings. The maximum absolute atomic E-state index is 11.8. The number of anilines is 1. The second kappa shape index (κ2) is 8.08. The topological polar surface area (TPSA) is 152 Å². The molecule has 0 unspecified atom stereocenters. The first-order chi connectivity index (χ1) is 10.3. The van der Waals surface area contributed by atoms with Crippen LogP contribution in [0.25, 0.3) is 0 Å². The van der Waals surface area contributed by atoms with Gasteiger partial charge < -0.3 is 10.3 Å². The Kier molecular flexibility index (Phi) is 7.83. The van der Waals surface area contributed by atoms with E-state index in [0.717, 1.165) is 27.7 Å². The van der Waals surface area contributed by atoms with Gasteiger partial charge >= 0.3 is 51.4 Å². The Morgan fingerprint density at radius 1 is 0.750 bits per heavy atom. The van der Waals surface area contributed by atoms with E-state index in [9.17, 15) is 32.1 Å². The van der Waals surface area contributed by atoms with Crippen molar-refractivity contribution >= 4 is 38.9 Å². The Balaban J connectivity index is 0.00000529. The van der Waals surface area contributed by atoms with Crippen molar-refractivity contribution in [1.82, 2.24) is 0 Å². The molecular weight excluding hydrogens is 365 g/mol.